The Balaban J connectivity index is 1.28. The van der Waals surface area contributed by atoms with Gasteiger partial charge in [0.1, 0.15) is 11.6 Å². The van der Waals surface area contributed by atoms with Crippen LogP contribution in [0, 0.1) is 0 Å². The number of carbonyl (C=O) groups excluding carboxylic acids is 1. The van der Waals surface area contributed by atoms with Gasteiger partial charge in [0.05, 0.1) is 12.2 Å². The molecule has 2 N–H and O–H groups in total. The summed E-state index contributed by atoms with van der Waals surface area (Å²) in [5, 5.41) is 6.13. The fraction of sp³-hybridized carbons (Fsp3) is 0.500. The molecule has 0 radical (unpaired) electrons. The molecule has 1 aliphatic carbocycles. The molecule has 30 heavy (non-hydrogen) atoms. The molecule has 2 fully saturated rings. The van der Waals surface area contributed by atoms with Crippen molar-refractivity contribution in [3.8, 4) is 5.75 Å². The van der Waals surface area contributed by atoms with Gasteiger partial charge < -0.3 is 15.4 Å². The second-order valence-corrected chi connectivity index (χ2v) is 8.29. The summed E-state index contributed by atoms with van der Waals surface area (Å²) in [4.78, 5) is 19.2. The zero-order chi connectivity index (χ0) is 20.9. The van der Waals surface area contributed by atoms with E-state index in [9.17, 15) is 4.79 Å². The molecular formula is C24H32N4O2. The number of hydrogen-bond acceptors (Lipinski definition) is 5. The van der Waals surface area contributed by atoms with E-state index in [2.05, 4.69) is 38.7 Å². The molecule has 1 saturated heterocycles. The lowest BCUT2D eigenvalue weighted by molar-refractivity contribution is 0.0908. The lowest BCUT2D eigenvalue weighted by Gasteiger charge is -2.32. The molecule has 1 aromatic heterocycles. The van der Waals surface area contributed by atoms with E-state index in [-0.39, 0.29) is 11.9 Å². The Hall–Kier alpha value is -2.60. The van der Waals surface area contributed by atoms with E-state index in [1.54, 1.807) is 6.20 Å². The van der Waals surface area contributed by atoms with Crippen molar-refractivity contribution >= 4 is 11.7 Å². The normalized spacial score (nSPS) is 17.5. The number of likely N-dealkylation sites (tertiary alicyclic amines) is 1. The van der Waals surface area contributed by atoms with Gasteiger partial charge in [-0.1, -0.05) is 12.1 Å². The minimum absolute atomic E-state index is 0.0411. The third kappa shape index (κ3) is 5.11. The highest BCUT2D eigenvalue weighted by molar-refractivity contribution is 5.94. The van der Waals surface area contributed by atoms with Gasteiger partial charge in [-0.2, -0.15) is 0 Å². The summed E-state index contributed by atoms with van der Waals surface area (Å²) < 4.78 is 5.91. The zero-order valence-electron chi connectivity index (χ0n) is 18.0. The van der Waals surface area contributed by atoms with Crippen LogP contribution in [-0.2, 0) is 6.54 Å². The Bertz CT molecular complexity index is 856. The van der Waals surface area contributed by atoms with Crippen molar-refractivity contribution in [2.45, 2.75) is 51.1 Å². The molecule has 4 rings (SSSR count). The van der Waals surface area contributed by atoms with E-state index in [0.717, 1.165) is 44.0 Å². The van der Waals surface area contributed by atoms with Crippen molar-refractivity contribution in [3.63, 3.8) is 0 Å². The van der Waals surface area contributed by atoms with Gasteiger partial charge in [-0.15, -0.1) is 0 Å². The molecule has 1 aliphatic heterocycles. The lowest BCUT2D eigenvalue weighted by Crippen LogP contribution is -2.44. The summed E-state index contributed by atoms with van der Waals surface area (Å²) >= 11 is 0. The van der Waals surface area contributed by atoms with E-state index in [1.807, 2.05) is 26.1 Å². The predicted octanol–water partition coefficient (Wildman–Crippen LogP) is 3.79. The van der Waals surface area contributed by atoms with Crippen LogP contribution >= 0.6 is 0 Å². The largest absolute Gasteiger partial charge is 0.494 e. The second kappa shape index (κ2) is 9.47. The summed E-state index contributed by atoms with van der Waals surface area (Å²) in [6.07, 6.45) is 6.12. The second-order valence-electron chi connectivity index (χ2n) is 8.29. The highest BCUT2D eigenvalue weighted by Crippen LogP contribution is 2.44. The first-order valence-electron chi connectivity index (χ1n) is 11.1. The minimum atomic E-state index is -0.0411. The minimum Gasteiger partial charge on any atom is -0.494 e. The Kier molecular flexibility index (Phi) is 6.53. The van der Waals surface area contributed by atoms with Gasteiger partial charge in [0.15, 0.2) is 0 Å². The topological polar surface area (TPSA) is 66.5 Å². The average molecular weight is 409 g/mol. The maximum atomic E-state index is 12.5. The number of hydrogen-bond donors (Lipinski definition) is 2. The summed E-state index contributed by atoms with van der Waals surface area (Å²) in [6, 6.07) is 10.6. The lowest BCUT2D eigenvalue weighted by atomic mass is 10.0. The van der Waals surface area contributed by atoms with Crippen LogP contribution in [0.25, 0.3) is 0 Å². The van der Waals surface area contributed by atoms with Crippen molar-refractivity contribution in [1.29, 1.82) is 0 Å². The Morgan fingerprint density at radius 2 is 1.97 bits per heavy atom. The number of piperidine rings is 1. The van der Waals surface area contributed by atoms with Gasteiger partial charge in [-0.25, -0.2) is 4.98 Å². The van der Waals surface area contributed by atoms with E-state index in [4.69, 9.17) is 4.74 Å². The fourth-order valence-electron chi connectivity index (χ4n) is 4.13. The Morgan fingerprint density at radius 1 is 1.17 bits per heavy atom. The number of nitrogens with one attached hydrogen (secondary N) is 2. The van der Waals surface area contributed by atoms with Crippen LogP contribution in [0.2, 0.25) is 0 Å². The molecule has 0 atom stereocenters. The van der Waals surface area contributed by atoms with Gasteiger partial charge in [-0.3, -0.25) is 9.69 Å². The first-order valence-corrected chi connectivity index (χ1v) is 11.1. The third-order valence-corrected chi connectivity index (χ3v) is 6.01. The summed E-state index contributed by atoms with van der Waals surface area (Å²) in [7, 11) is 1.81. The maximum Gasteiger partial charge on any atom is 0.253 e. The van der Waals surface area contributed by atoms with Gasteiger partial charge in [0.2, 0.25) is 0 Å². The molecule has 1 saturated carbocycles. The maximum absolute atomic E-state index is 12.5. The van der Waals surface area contributed by atoms with Crippen molar-refractivity contribution in [2.75, 3.05) is 32.1 Å². The number of aromatic nitrogens is 1. The van der Waals surface area contributed by atoms with Crippen LogP contribution in [0.4, 0.5) is 5.82 Å². The summed E-state index contributed by atoms with van der Waals surface area (Å²) in [5.74, 6) is 2.49. The Labute approximate surface area is 179 Å². The van der Waals surface area contributed by atoms with Gasteiger partial charge >= 0.3 is 0 Å². The molecule has 2 heterocycles. The Morgan fingerprint density at radius 3 is 2.60 bits per heavy atom. The number of anilines is 1. The highest BCUT2D eigenvalue weighted by atomic mass is 16.5. The van der Waals surface area contributed by atoms with E-state index >= 15 is 0 Å². The molecule has 0 spiro atoms. The molecule has 2 aromatic rings. The molecule has 0 bridgehead atoms. The molecule has 6 heteroatoms. The first kappa shape index (κ1) is 20.7. The van der Waals surface area contributed by atoms with Crippen LogP contribution in [-0.4, -0.2) is 48.6 Å². The van der Waals surface area contributed by atoms with Crippen LogP contribution in [0.1, 0.15) is 60.0 Å². The fourth-order valence-corrected chi connectivity index (χ4v) is 4.13. The van der Waals surface area contributed by atoms with Crippen LogP contribution in [0.15, 0.2) is 36.5 Å². The molecule has 0 unspecified atom stereocenters. The van der Waals surface area contributed by atoms with Crippen molar-refractivity contribution in [1.82, 2.24) is 15.2 Å². The monoisotopic (exact) mass is 408 g/mol. The number of nitrogens with zero attached hydrogens (tertiary/aromatic N) is 2. The van der Waals surface area contributed by atoms with Crippen molar-refractivity contribution in [3.05, 3.63) is 53.2 Å². The number of carbonyl (C=O) groups is 1. The number of amides is 1. The predicted molar refractivity (Wildman–Crippen MR) is 119 cm³/mol. The number of pyridine rings is 1. The molecule has 2 aliphatic rings. The van der Waals surface area contributed by atoms with Crippen molar-refractivity contribution in [2.24, 2.45) is 0 Å². The molecule has 1 amide bonds. The van der Waals surface area contributed by atoms with Gasteiger partial charge in [0, 0.05) is 38.9 Å². The highest BCUT2D eigenvalue weighted by Gasteiger charge is 2.27. The SMILES string of the molecule is CCOc1cc(CN2CCC(NC(=O)c3ccc(NC)nc3)CC2)ccc1C1CC1. The van der Waals surface area contributed by atoms with Crippen molar-refractivity contribution < 1.29 is 9.53 Å². The van der Waals surface area contributed by atoms with Gasteiger partial charge in [-0.05, 0) is 67.9 Å². The first-order chi connectivity index (χ1) is 14.7. The standard InChI is InChI=1S/C24H32N4O2/c1-3-30-22-14-17(4-8-21(22)18-5-6-18)16-28-12-10-20(11-13-28)27-24(29)19-7-9-23(25-2)26-15-19/h4,7-9,14-15,18,20H,3,5-6,10-13,16H2,1-2H3,(H,25,26)(H,27,29). The number of benzene rings is 1. The molecule has 6 nitrogen and oxygen atoms in total. The number of rotatable bonds is 8. The van der Waals surface area contributed by atoms with Gasteiger partial charge in [0.25, 0.3) is 5.91 Å². The van der Waals surface area contributed by atoms with E-state index in [1.165, 1.54) is 24.0 Å². The number of ether oxygens (including phenoxy) is 1. The average Bonchev–Trinajstić information content (AvgIpc) is 3.61. The molecular weight excluding hydrogens is 376 g/mol. The molecule has 160 valence electrons. The van der Waals surface area contributed by atoms with E-state index < -0.39 is 0 Å². The van der Waals surface area contributed by atoms with Crippen LogP contribution in [0.5, 0.6) is 5.75 Å². The summed E-state index contributed by atoms with van der Waals surface area (Å²) in [5.41, 5.74) is 3.29. The van der Waals surface area contributed by atoms with Crippen LogP contribution < -0.4 is 15.4 Å². The third-order valence-electron chi connectivity index (χ3n) is 6.01. The quantitative estimate of drug-likeness (QED) is 0.696. The summed E-state index contributed by atoms with van der Waals surface area (Å²) in [6.45, 7) is 5.66. The van der Waals surface area contributed by atoms with Crippen LogP contribution in [0.3, 0.4) is 0 Å². The van der Waals surface area contributed by atoms with E-state index in [0.29, 0.717) is 18.1 Å². The molecule has 1 aromatic carbocycles. The smallest absolute Gasteiger partial charge is 0.253 e. The zero-order valence-corrected chi connectivity index (χ0v) is 18.0.